The van der Waals surface area contributed by atoms with Crippen LogP contribution < -0.4 is 9.46 Å². The fourth-order valence-electron chi connectivity index (χ4n) is 3.39. The van der Waals surface area contributed by atoms with Gasteiger partial charge in [-0.2, -0.15) is 0 Å². The minimum atomic E-state index is -3.91. The standard InChI is InChI=1S/C21H25ClN2O4S/c1-15-18(22)8-7-9-19(15)23-29(26,27)16-10-11-20(28-2)17(14-16)21(25)24-12-5-3-4-6-13-24/h7-11,14,23H,3-6,12-13H2,1-2H3. The number of amides is 1. The van der Waals surface area contributed by atoms with Crippen molar-refractivity contribution in [2.75, 3.05) is 24.9 Å². The molecule has 0 unspecified atom stereocenters. The lowest BCUT2D eigenvalue weighted by Gasteiger charge is -2.22. The van der Waals surface area contributed by atoms with Crippen LogP contribution in [0.15, 0.2) is 41.3 Å². The number of methoxy groups -OCH3 is 1. The smallest absolute Gasteiger partial charge is 0.261 e. The third-order valence-corrected chi connectivity index (χ3v) is 6.89. The number of anilines is 1. The number of likely N-dealkylation sites (tertiary alicyclic amines) is 1. The molecule has 156 valence electrons. The van der Waals surface area contributed by atoms with Crippen LogP contribution in [-0.2, 0) is 10.0 Å². The Labute approximate surface area is 176 Å². The van der Waals surface area contributed by atoms with E-state index in [2.05, 4.69) is 4.72 Å². The lowest BCUT2D eigenvalue weighted by Crippen LogP contribution is -2.32. The molecular weight excluding hydrogens is 412 g/mol. The molecule has 0 aromatic heterocycles. The van der Waals surface area contributed by atoms with Gasteiger partial charge in [0, 0.05) is 18.1 Å². The van der Waals surface area contributed by atoms with Crippen LogP contribution in [0.4, 0.5) is 5.69 Å². The summed E-state index contributed by atoms with van der Waals surface area (Å²) < 4.78 is 33.8. The number of carbonyl (C=O) groups is 1. The number of rotatable bonds is 5. The minimum absolute atomic E-state index is 0.00384. The van der Waals surface area contributed by atoms with Gasteiger partial charge in [0.05, 0.1) is 23.3 Å². The van der Waals surface area contributed by atoms with Gasteiger partial charge in [-0.05, 0) is 55.7 Å². The Morgan fingerprint density at radius 2 is 1.79 bits per heavy atom. The molecule has 1 saturated heterocycles. The van der Waals surface area contributed by atoms with Crippen LogP contribution in [0.25, 0.3) is 0 Å². The second kappa shape index (κ2) is 9.05. The summed E-state index contributed by atoms with van der Waals surface area (Å²) >= 11 is 6.09. The van der Waals surface area contributed by atoms with E-state index in [4.69, 9.17) is 16.3 Å². The number of nitrogens with zero attached hydrogens (tertiary/aromatic N) is 1. The van der Waals surface area contributed by atoms with Crippen molar-refractivity contribution in [3.8, 4) is 5.75 Å². The molecule has 1 aliphatic heterocycles. The number of hydrogen-bond acceptors (Lipinski definition) is 4. The number of hydrogen-bond donors (Lipinski definition) is 1. The molecule has 2 aromatic rings. The Kier molecular flexibility index (Phi) is 6.70. The topological polar surface area (TPSA) is 75.7 Å². The molecule has 0 bridgehead atoms. The number of halogens is 1. The Morgan fingerprint density at radius 1 is 1.10 bits per heavy atom. The molecule has 1 fully saturated rings. The van der Waals surface area contributed by atoms with Crippen molar-refractivity contribution < 1.29 is 17.9 Å². The summed E-state index contributed by atoms with van der Waals surface area (Å²) in [6.45, 7) is 3.07. The normalized spacial score (nSPS) is 14.9. The van der Waals surface area contributed by atoms with Gasteiger partial charge in [-0.1, -0.05) is 30.5 Å². The first-order valence-electron chi connectivity index (χ1n) is 9.59. The first-order valence-corrected chi connectivity index (χ1v) is 11.4. The third-order valence-electron chi connectivity index (χ3n) is 5.12. The van der Waals surface area contributed by atoms with Crippen LogP contribution in [0.5, 0.6) is 5.75 Å². The highest BCUT2D eigenvalue weighted by molar-refractivity contribution is 7.92. The average Bonchev–Trinajstić information content (AvgIpc) is 3.00. The second-order valence-electron chi connectivity index (χ2n) is 7.09. The first kappa shape index (κ1) is 21.5. The molecule has 8 heteroatoms. The lowest BCUT2D eigenvalue weighted by molar-refractivity contribution is 0.0758. The van der Waals surface area contributed by atoms with Gasteiger partial charge in [0.15, 0.2) is 0 Å². The highest BCUT2D eigenvalue weighted by atomic mass is 35.5. The van der Waals surface area contributed by atoms with E-state index < -0.39 is 10.0 Å². The van der Waals surface area contributed by atoms with Crippen LogP contribution in [-0.4, -0.2) is 39.4 Å². The Hall–Kier alpha value is -2.25. The molecule has 0 radical (unpaired) electrons. The molecule has 1 N–H and O–H groups in total. The Bertz CT molecular complexity index is 1000. The van der Waals surface area contributed by atoms with Crippen LogP contribution in [0, 0.1) is 6.92 Å². The van der Waals surface area contributed by atoms with Crippen molar-refractivity contribution in [2.24, 2.45) is 0 Å². The van der Waals surface area contributed by atoms with Gasteiger partial charge >= 0.3 is 0 Å². The highest BCUT2D eigenvalue weighted by Crippen LogP contribution is 2.28. The quantitative estimate of drug-likeness (QED) is 0.750. The minimum Gasteiger partial charge on any atom is -0.496 e. The van der Waals surface area contributed by atoms with Crippen molar-refractivity contribution in [2.45, 2.75) is 37.5 Å². The van der Waals surface area contributed by atoms with Crippen LogP contribution in [0.3, 0.4) is 0 Å². The highest BCUT2D eigenvalue weighted by Gasteiger charge is 2.24. The van der Waals surface area contributed by atoms with Crippen molar-refractivity contribution in [3.05, 3.63) is 52.5 Å². The fourth-order valence-corrected chi connectivity index (χ4v) is 4.71. The Morgan fingerprint density at radius 3 is 2.45 bits per heavy atom. The van der Waals surface area contributed by atoms with Gasteiger partial charge in [0.2, 0.25) is 0 Å². The van der Waals surface area contributed by atoms with Crippen molar-refractivity contribution in [3.63, 3.8) is 0 Å². The van der Waals surface area contributed by atoms with E-state index in [1.54, 1.807) is 30.0 Å². The van der Waals surface area contributed by atoms with E-state index >= 15 is 0 Å². The zero-order valence-electron chi connectivity index (χ0n) is 16.6. The predicted molar refractivity (Wildman–Crippen MR) is 114 cm³/mol. The SMILES string of the molecule is COc1ccc(S(=O)(=O)Nc2cccc(Cl)c2C)cc1C(=O)N1CCCCCC1. The molecule has 6 nitrogen and oxygen atoms in total. The number of sulfonamides is 1. The van der Waals surface area contributed by atoms with Crippen LogP contribution in [0.2, 0.25) is 5.02 Å². The molecule has 0 atom stereocenters. The van der Waals surface area contributed by atoms with E-state index in [0.717, 1.165) is 25.7 Å². The molecule has 0 aliphatic carbocycles. The maximum atomic E-state index is 13.1. The zero-order valence-corrected chi connectivity index (χ0v) is 18.1. The van der Waals surface area contributed by atoms with Crippen molar-refractivity contribution >= 4 is 33.2 Å². The monoisotopic (exact) mass is 436 g/mol. The average molecular weight is 437 g/mol. The van der Waals surface area contributed by atoms with E-state index in [1.807, 2.05) is 0 Å². The summed E-state index contributed by atoms with van der Waals surface area (Å²) in [5.41, 5.74) is 1.28. The van der Waals surface area contributed by atoms with Gasteiger partial charge in [0.25, 0.3) is 15.9 Å². The fraction of sp³-hybridized carbons (Fsp3) is 0.381. The predicted octanol–water partition coefficient (Wildman–Crippen LogP) is 4.47. The molecule has 1 amide bonds. The van der Waals surface area contributed by atoms with Crippen LogP contribution in [0.1, 0.15) is 41.6 Å². The molecule has 2 aromatic carbocycles. The molecule has 1 heterocycles. The van der Waals surface area contributed by atoms with Gasteiger partial charge in [-0.3, -0.25) is 9.52 Å². The number of ether oxygens (including phenoxy) is 1. The van der Waals surface area contributed by atoms with Gasteiger partial charge < -0.3 is 9.64 Å². The zero-order chi connectivity index (χ0) is 21.0. The number of nitrogens with one attached hydrogen (secondary N) is 1. The molecule has 29 heavy (non-hydrogen) atoms. The summed E-state index contributed by atoms with van der Waals surface area (Å²) in [6.07, 6.45) is 4.08. The van der Waals surface area contributed by atoms with Crippen molar-refractivity contribution in [1.29, 1.82) is 0 Å². The molecule has 0 spiro atoms. The maximum Gasteiger partial charge on any atom is 0.261 e. The van der Waals surface area contributed by atoms with Gasteiger partial charge in [-0.15, -0.1) is 0 Å². The largest absolute Gasteiger partial charge is 0.496 e. The van der Waals surface area contributed by atoms with Crippen LogP contribution >= 0.6 is 11.6 Å². The second-order valence-corrected chi connectivity index (χ2v) is 9.18. The summed E-state index contributed by atoms with van der Waals surface area (Å²) in [4.78, 5) is 14.9. The van der Waals surface area contributed by atoms with Gasteiger partial charge in [-0.25, -0.2) is 8.42 Å². The lowest BCUT2D eigenvalue weighted by atomic mass is 10.1. The molecule has 0 saturated carbocycles. The van der Waals surface area contributed by atoms with Crippen molar-refractivity contribution in [1.82, 2.24) is 4.90 Å². The number of carbonyl (C=O) groups excluding carboxylic acids is 1. The number of benzene rings is 2. The summed E-state index contributed by atoms with van der Waals surface area (Å²) in [7, 11) is -2.44. The first-order chi connectivity index (χ1) is 13.8. The van der Waals surface area contributed by atoms with E-state index in [1.165, 1.54) is 25.3 Å². The Balaban J connectivity index is 1.94. The van der Waals surface area contributed by atoms with E-state index in [9.17, 15) is 13.2 Å². The summed E-state index contributed by atoms with van der Waals surface area (Å²) in [6, 6.07) is 9.35. The van der Waals surface area contributed by atoms with Gasteiger partial charge in [0.1, 0.15) is 5.75 Å². The summed E-state index contributed by atoms with van der Waals surface area (Å²) in [5, 5.41) is 0.469. The molecular formula is C21H25ClN2O4S. The van der Waals surface area contributed by atoms with E-state index in [-0.39, 0.29) is 16.4 Å². The molecule has 3 rings (SSSR count). The molecule has 1 aliphatic rings. The van der Waals surface area contributed by atoms with E-state index in [0.29, 0.717) is 35.1 Å². The summed E-state index contributed by atoms with van der Waals surface area (Å²) in [5.74, 6) is 0.150. The maximum absolute atomic E-state index is 13.1. The third kappa shape index (κ3) is 4.85.